The quantitative estimate of drug-likeness (QED) is 0.661. The molecule has 1 amide bonds. The van der Waals surface area contributed by atoms with Crippen LogP contribution in [0.25, 0.3) is 0 Å². The normalized spacial score (nSPS) is 11.5. The minimum absolute atomic E-state index is 0.0594. The SMILES string of the molecule is CCN(CC)S(=O)(=O)c1ccc(NC(=O)CCC(=O)c2cccs2)cc1. The van der Waals surface area contributed by atoms with Gasteiger partial charge in [-0.15, -0.1) is 11.3 Å². The third-order valence-electron chi connectivity index (χ3n) is 3.86. The Hall–Kier alpha value is -2.03. The highest BCUT2D eigenvalue weighted by Crippen LogP contribution is 2.19. The number of nitrogens with one attached hydrogen (secondary N) is 1. The Morgan fingerprint density at radius 3 is 2.23 bits per heavy atom. The van der Waals surface area contributed by atoms with Gasteiger partial charge in [0, 0.05) is 31.6 Å². The molecule has 1 aromatic heterocycles. The lowest BCUT2D eigenvalue weighted by Crippen LogP contribution is -2.30. The van der Waals surface area contributed by atoms with E-state index in [2.05, 4.69) is 5.32 Å². The number of thiophene rings is 1. The Labute approximate surface area is 157 Å². The fraction of sp³-hybridized carbons (Fsp3) is 0.333. The van der Waals surface area contributed by atoms with Gasteiger partial charge in [-0.1, -0.05) is 19.9 Å². The summed E-state index contributed by atoms with van der Waals surface area (Å²) in [6.07, 6.45) is 0.219. The van der Waals surface area contributed by atoms with Crippen molar-refractivity contribution in [3.8, 4) is 0 Å². The number of benzene rings is 1. The molecular formula is C18H22N2O4S2. The van der Waals surface area contributed by atoms with Crippen molar-refractivity contribution in [1.82, 2.24) is 4.31 Å². The van der Waals surface area contributed by atoms with Crippen molar-refractivity contribution in [2.75, 3.05) is 18.4 Å². The number of sulfonamides is 1. The first kappa shape index (κ1) is 20.3. The molecule has 0 spiro atoms. The van der Waals surface area contributed by atoms with E-state index in [-0.39, 0.29) is 29.4 Å². The second-order valence-electron chi connectivity index (χ2n) is 5.56. The molecule has 0 aliphatic heterocycles. The summed E-state index contributed by atoms with van der Waals surface area (Å²) < 4.78 is 26.2. The molecule has 0 aliphatic carbocycles. The van der Waals surface area contributed by atoms with Crippen LogP contribution in [0.5, 0.6) is 0 Å². The summed E-state index contributed by atoms with van der Waals surface area (Å²) in [5.41, 5.74) is 0.497. The minimum Gasteiger partial charge on any atom is -0.326 e. The average molecular weight is 395 g/mol. The van der Waals surface area contributed by atoms with Crippen LogP contribution in [-0.4, -0.2) is 37.5 Å². The molecule has 1 aromatic carbocycles. The van der Waals surface area contributed by atoms with Crippen molar-refractivity contribution in [3.05, 3.63) is 46.7 Å². The van der Waals surface area contributed by atoms with Crippen LogP contribution >= 0.6 is 11.3 Å². The first-order chi connectivity index (χ1) is 12.4. The first-order valence-electron chi connectivity index (χ1n) is 8.35. The Balaban J connectivity index is 1.94. The van der Waals surface area contributed by atoms with Gasteiger partial charge in [0.05, 0.1) is 9.77 Å². The van der Waals surface area contributed by atoms with Gasteiger partial charge in [0.15, 0.2) is 5.78 Å². The lowest BCUT2D eigenvalue weighted by molar-refractivity contribution is -0.116. The van der Waals surface area contributed by atoms with E-state index in [0.717, 1.165) is 0 Å². The van der Waals surface area contributed by atoms with Crippen LogP contribution in [-0.2, 0) is 14.8 Å². The van der Waals surface area contributed by atoms with Crippen molar-refractivity contribution in [3.63, 3.8) is 0 Å². The van der Waals surface area contributed by atoms with Crippen molar-refractivity contribution in [2.24, 2.45) is 0 Å². The molecule has 2 rings (SSSR count). The molecule has 1 heterocycles. The molecule has 0 atom stereocenters. The highest BCUT2D eigenvalue weighted by molar-refractivity contribution is 7.89. The minimum atomic E-state index is -3.52. The number of amides is 1. The number of rotatable bonds is 9. The Bertz CT molecular complexity index is 840. The predicted molar refractivity (Wildman–Crippen MR) is 103 cm³/mol. The summed E-state index contributed by atoms with van der Waals surface area (Å²) in [7, 11) is -3.52. The second-order valence-corrected chi connectivity index (χ2v) is 8.45. The molecule has 0 aliphatic rings. The number of ketones is 1. The number of hydrogen-bond acceptors (Lipinski definition) is 5. The maximum Gasteiger partial charge on any atom is 0.243 e. The first-order valence-corrected chi connectivity index (χ1v) is 10.7. The van der Waals surface area contributed by atoms with Crippen LogP contribution in [0.15, 0.2) is 46.7 Å². The number of Topliss-reactive ketones (excluding diaryl/α,β-unsaturated/α-hetero) is 1. The molecular weight excluding hydrogens is 372 g/mol. The zero-order valence-electron chi connectivity index (χ0n) is 14.8. The number of nitrogens with zero attached hydrogens (tertiary/aromatic N) is 1. The van der Waals surface area contributed by atoms with E-state index in [0.29, 0.717) is 23.7 Å². The Morgan fingerprint density at radius 2 is 1.69 bits per heavy atom. The predicted octanol–water partition coefficient (Wildman–Crippen LogP) is 3.38. The van der Waals surface area contributed by atoms with Gasteiger partial charge in [-0.25, -0.2) is 8.42 Å². The van der Waals surface area contributed by atoms with E-state index in [1.165, 1.54) is 27.8 Å². The number of hydrogen-bond donors (Lipinski definition) is 1. The third kappa shape index (κ3) is 5.00. The molecule has 0 saturated carbocycles. The maximum absolute atomic E-state index is 12.4. The largest absolute Gasteiger partial charge is 0.326 e. The van der Waals surface area contributed by atoms with Crippen LogP contribution in [0.2, 0.25) is 0 Å². The standard InChI is InChI=1S/C18H22N2O4S2/c1-3-20(4-2)26(23,24)15-9-7-14(8-10-15)19-18(22)12-11-16(21)17-6-5-13-25-17/h5-10,13H,3-4,11-12H2,1-2H3,(H,19,22). The maximum atomic E-state index is 12.4. The van der Waals surface area contributed by atoms with Crippen LogP contribution in [0.4, 0.5) is 5.69 Å². The number of carbonyl (C=O) groups excluding carboxylic acids is 2. The Kier molecular flexibility index (Phi) is 7.07. The van der Waals surface area contributed by atoms with Crippen LogP contribution in [0.1, 0.15) is 36.4 Å². The van der Waals surface area contributed by atoms with Crippen LogP contribution in [0.3, 0.4) is 0 Å². The average Bonchev–Trinajstić information content (AvgIpc) is 3.16. The summed E-state index contributed by atoms with van der Waals surface area (Å²) in [5, 5.41) is 4.50. The molecule has 2 aromatic rings. The highest BCUT2D eigenvalue weighted by Gasteiger charge is 2.21. The summed E-state index contributed by atoms with van der Waals surface area (Å²) in [5.74, 6) is -0.343. The Morgan fingerprint density at radius 1 is 1.04 bits per heavy atom. The van der Waals surface area contributed by atoms with Gasteiger partial charge in [-0.05, 0) is 35.7 Å². The van der Waals surface area contributed by atoms with Gasteiger partial charge in [0.2, 0.25) is 15.9 Å². The smallest absolute Gasteiger partial charge is 0.243 e. The van der Waals surface area contributed by atoms with Gasteiger partial charge in [0.25, 0.3) is 0 Å². The van der Waals surface area contributed by atoms with Gasteiger partial charge in [-0.2, -0.15) is 4.31 Å². The van der Waals surface area contributed by atoms with E-state index < -0.39 is 10.0 Å². The molecule has 8 heteroatoms. The van der Waals surface area contributed by atoms with Crippen LogP contribution in [0, 0.1) is 0 Å². The van der Waals surface area contributed by atoms with E-state index in [1.54, 1.807) is 38.1 Å². The lowest BCUT2D eigenvalue weighted by Gasteiger charge is -2.18. The highest BCUT2D eigenvalue weighted by atomic mass is 32.2. The zero-order valence-corrected chi connectivity index (χ0v) is 16.4. The fourth-order valence-electron chi connectivity index (χ4n) is 2.43. The molecule has 1 N–H and O–H groups in total. The van der Waals surface area contributed by atoms with Gasteiger partial charge in [0.1, 0.15) is 0 Å². The zero-order chi connectivity index (χ0) is 19.2. The van der Waals surface area contributed by atoms with E-state index in [4.69, 9.17) is 0 Å². The van der Waals surface area contributed by atoms with Crippen molar-refractivity contribution < 1.29 is 18.0 Å². The topological polar surface area (TPSA) is 83.6 Å². The molecule has 0 fully saturated rings. The van der Waals surface area contributed by atoms with Gasteiger partial charge >= 0.3 is 0 Å². The van der Waals surface area contributed by atoms with E-state index in [1.807, 2.05) is 5.38 Å². The number of carbonyl (C=O) groups is 2. The molecule has 0 radical (unpaired) electrons. The molecule has 26 heavy (non-hydrogen) atoms. The third-order valence-corrected chi connectivity index (χ3v) is 6.83. The lowest BCUT2D eigenvalue weighted by atomic mass is 10.2. The summed E-state index contributed by atoms with van der Waals surface area (Å²) in [6.45, 7) is 4.37. The van der Waals surface area contributed by atoms with E-state index >= 15 is 0 Å². The summed E-state index contributed by atoms with van der Waals surface area (Å²) in [6, 6.07) is 9.58. The van der Waals surface area contributed by atoms with Crippen molar-refractivity contribution >= 4 is 38.7 Å². The fourth-order valence-corrected chi connectivity index (χ4v) is 4.59. The number of anilines is 1. The molecule has 0 saturated heterocycles. The molecule has 0 unspecified atom stereocenters. The molecule has 140 valence electrons. The van der Waals surface area contributed by atoms with Crippen molar-refractivity contribution in [2.45, 2.75) is 31.6 Å². The van der Waals surface area contributed by atoms with Gasteiger partial charge < -0.3 is 5.32 Å². The summed E-state index contributed by atoms with van der Waals surface area (Å²) >= 11 is 1.35. The monoisotopic (exact) mass is 394 g/mol. The summed E-state index contributed by atoms with van der Waals surface area (Å²) in [4.78, 5) is 24.7. The molecule has 0 bridgehead atoms. The van der Waals surface area contributed by atoms with Crippen LogP contribution < -0.4 is 5.32 Å². The van der Waals surface area contributed by atoms with E-state index in [9.17, 15) is 18.0 Å². The molecule has 6 nitrogen and oxygen atoms in total. The van der Waals surface area contributed by atoms with Gasteiger partial charge in [-0.3, -0.25) is 9.59 Å². The van der Waals surface area contributed by atoms with Crippen molar-refractivity contribution in [1.29, 1.82) is 0 Å². The second kappa shape index (κ2) is 9.07.